The second kappa shape index (κ2) is 5.87. The maximum atomic E-state index is 5.85. The number of para-hydroxylation sites is 1. The Kier molecular flexibility index (Phi) is 4.77. The molecule has 0 N–H and O–H groups in total. The monoisotopic (exact) mass is 235 g/mol. The molecule has 16 heavy (non-hydrogen) atoms. The van der Waals surface area contributed by atoms with Crippen LogP contribution in [0.25, 0.3) is 0 Å². The van der Waals surface area contributed by atoms with Gasteiger partial charge in [-0.15, -0.1) is 6.58 Å². The van der Waals surface area contributed by atoms with Gasteiger partial charge in [-0.05, 0) is 25.2 Å². The molecule has 0 atom stereocenters. The normalized spacial score (nSPS) is 11.2. The van der Waals surface area contributed by atoms with Crippen molar-refractivity contribution in [2.45, 2.75) is 13.1 Å². The molecule has 0 aliphatic rings. The first-order valence-corrected chi connectivity index (χ1v) is 8.57. The molecule has 1 aromatic rings. The molecule has 0 saturated heterocycles. The largest absolute Gasteiger partial charge is 0.412 e. The van der Waals surface area contributed by atoms with Crippen molar-refractivity contribution in [2.75, 3.05) is 25.1 Å². The van der Waals surface area contributed by atoms with Crippen molar-refractivity contribution in [3.05, 3.63) is 42.6 Å². The summed E-state index contributed by atoms with van der Waals surface area (Å²) in [6.45, 7) is 9.79. The minimum Gasteiger partial charge on any atom is -0.412 e. The van der Waals surface area contributed by atoms with Crippen LogP contribution >= 0.6 is 0 Å². The molecule has 0 unspecified atom stereocenters. The lowest BCUT2D eigenvalue weighted by Gasteiger charge is -2.23. The van der Waals surface area contributed by atoms with Gasteiger partial charge in [0.1, 0.15) is 0 Å². The highest BCUT2D eigenvalue weighted by atomic mass is 28.4. The third-order valence-electron chi connectivity index (χ3n) is 2.59. The smallest absolute Gasteiger partial charge is 0.210 e. The number of nitrogens with zero attached hydrogens (tertiary/aromatic N) is 1. The van der Waals surface area contributed by atoms with Gasteiger partial charge in [0.15, 0.2) is 0 Å². The average molecular weight is 235 g/mol. The lowest BCUT2D eigenvalue weighted by molar-refractivity contribution is 0.323. The van der Waals surface area contributed by atoms with Crippen LogP contribution in [0.2, 0.25) is 13.1 Å². The topological polar surface area (TPSA) is 12.5 Å². The molecule has 3 heteroatoms. The molecule has 0 aliphatic carbocycles. The van der Waals surface area contributed by atoms with Gasteiger partial charge in [0.2, 0.25) is 8.32 Å². The van der Waals surface area contributed by atoms with Crippen molar-refractivity contribution in [2.24, 2.45) is 0 Å². The van der Waals surface area contributed by atoms with E-state index >= 15 is 0 Å². The van der Waals surface area contributed by atoms with Gasteiger partial charge >= 0.3 is 0 Å². The molecular formula is C13H21NOSi. The van der Waals surface area contributed by atoms with Gasteiger partial charge in [-0.1, -0.05) is 23.9 Å². The van der Waals surface area contributed by atoms with Gasteiger partial charge in [-0.2, -0.15) is 0 Å². The molecule has 0 spiro atoms. The standard InChI is InChI=1S/C13H21NOSi/c1-5-16(3,4)15-12-11-14(2)13-9-7-6-8-10-13/h5-10H,1,11-12H2,2-4H3. The number of rotatable bonds is 6. The molecule has 0 aromatic heterocycles. The van der Waals surface area contributed by atoms with Crippen LogP contribution in [0.5, 0.6) is 0 Å². The van der Waals surface area contributed by atoms with E-state index in [9.17, 15) is 0 Å². The van der Waals surface area contributed by atoms with Crippen molar-refractivity contribution in [3.8, 4) is 0 Å². The van der Waals surface area contributed by atoms with E-state index in [1.807, 2.05) is 11.8 Å². The summed E-state index contributed by atoms with van der Waals surface area (Å²) in [6.07, 6.45) is 0. The highest BCUT2D eigenvalue weighted by Gasteiger charge is 2.16. The molecule has 0 fully saturated rings. The zero-order chi connectivity index (χ0) is 12.0. The molecule has 1 aromatic carbocycles. The first-order chi connectivity index (χ1) is 7.55. The maximum absolute atomic E-state index is 5.85. The fourth-order valence-corrected chi connectivity index (χ4v) is 2.05. The van der Waals surface area contributed by atoms with E-state index < -0.39 is 8.32 Å². The van der Waals surface area contributed by atoms with Crippen molar-refractivity contribution >= 4 is 14.0 Å². The average Bonchev–Trinajstić information content (AvgIpc) is 2.30. The predicted molar refractivity (Wildman–Crippen MR) is 73.3 cm³/mol. The van der Waals surface area contributed by atoms with Gasteiger partial charge in [0, 0.05) is 19.3 Å². The van der Waals surface area contributed by atoms with E-state index in [0.717, 1.165) is 13.2 Å². The van der Waals surface area contributed by atoms with Crippen LogP contribution in [0, 0.1) is 0 Å². The Labute approximate surface area is 99.7 Å². The Bertz CT molecular complexity index is 324. The molecule has 0 saturated carbocycles. The summed E-state index contributed by atoms with van der Waals surface area (Å²) in [7, 11) is 0.477. The predicted octanol–water partition coefficient (Wildman–Crippen LogP) is 3.07. The third kappa shape index (κ3) is 4.21. The minimum atomic E-state index is -1.61. The van der Waals surface area contributed by atoms with Crippen LogP contribution in [-0.4, -0.2) is 28.5 Å². The van der Waals surface area contributed by atoms with Crippen LogP contribution in [0.1, 0.15) is 0 Å². The van der Waals surface area contributed by atoms with E-state index in [2.05, 4.69) is 55.9 Å². The van der Waals surface area contributed by atoms with Crippen molar-refractivity contribution < 1.29 is 4.43 Å². The summed E-state index contributed by atoms with van der Waals surface area (Å²) in [5.74, 6) is 0. The molecular weight excluding hydrogens is 214 g/mol. The Hall–Kier alpha value is -1.06. The first kappa shape index (κ1) is 13.0. The number of benzene rings is 1. The zero-order valence-electron chi connectivity index (χ0n) is 10.4. The Morgan fingerprint density at radius 1 is 1.31 bits per heavy atom. The van der Waals surface area contributed by atoms with E-state index in [1.165, 1.54) is 5.69 Å². The van der Waals surface area contributed by atoms with Gasteiger partial charge < -0.3 is 9.33 Å². The van der Waals surface area contributed by atoms with E-state index in [1.54, 1.807) is 0 Å². The number of hydrogen-bond acceptors (Lipinski definition) is 2. The zero-order valence-corrected chi connectivity index (χ0v) is 11.4. The highest BCUT2D eigenvalue weighted by Crippen LogP contribution is 2.11. The molecule has 1 rings (SSSR count). The summed E-state index contributed by atoms with van der Waals surface area (Å²) in [5, 5.41) is 0. The lowest BCUT2D eigenvalue weighted by atomic mass is 10.3. The molecule has 0 aliphatic heterocycles. The number of hydrogen-bond donors (Lipinski definition) is 0. The fraction of sp³-hybridized carbons (Fsp3) is 0.385. The second-order valence-electron chi connectivity index (χ2n) is 4.41. The van der Waals surface area contributed by atoms with Crippen molar-refractivity contribution in [3.63, 3.8) is 0 Å². The van der Waals surface area contributed by atoms with E-state index in [0.29, 0.717) is 0 Å². The van der Waals surface area contributed by atoms with Crippen LogP contribution in [0.15, 0.2) is 42.6 Å². The number of likely N-dealkylation sites (N-methyl/N-ethyl adjacent to an activating group) is 1. The van der Waals surface area contributed by atoms with E-state index in [-0.39, 0.29) is 0 Å². The quantitative estimate of drug-likeness (QED) is 0.703. The Balaban J connectivity index is 2.37. The lowest BCUT2D eigenvalue weighted by Crippen LogP contribution is -2.32. The molecule has 2 nitrogen and oxygen atoms in total. The van der Waals surface area contributed by atoms with Crippen LogP contribution in [-0.2, 0) is 4.43 Å². The third-order valence-corrected chi connectivity index (χ3v) is 4.52. The second-order valence-corrected chi connectivity index (χ2v) is 8.32. The van der Waals surface area contributed by atoms with Crippen molar-refractivity contribution in [1.82, 2.24) is 0 Å². The Morgan fingerprint density at radius 3 is 2.50 bits per heavy atom. The molecule has 0 bridgehead atoms. The molecule has 0 radical (unpaired) electrons. The highest BCUT2D eigenvalue weighted by molar-refractivity contribution is 6.76. The van der Waals surface area contributed by atoms with Crippen LogP contribution in [0.3, 0.4) is 0 Å². The van der Waals surface area contributed by atoms with Gasteiger partial charge in [-0.3, -0.25) is 0 Å². The molecule has 0 heterocycles. The SMILES string of the molecule is C=C[Si](C)(C)OCCN(C)c1ccccc1. The minimum absolute atomic E-state index is 0.761. The first-order valence-electron chi connectivity index (χ1n) is 5.59. The van der Waals surface area contributed by atoms with Crippen LogP contribution < -0.4 is 4.90 Å². The summed E-state index contributed by atoms with van der Waals surface area (Å²) >= 11 is 0. The van der Waals surface area contributed by atoms with Crippen molar-refractivity contribution in [1.29, 1.82) is 0 Å². The van der Waals surface area contributed by atoms with Gasteiger partial charge in [-0.25, -0.2) is 0 Å². The Morgan fingerprint density at radius 2 is 1.94 bits per heavy atom. The van der Waals surface area contributed by atoms with Gasteiger partial charge in [0.25, 0.3) is 0 Å². The van der Waals surface area contributed by atoms with Gasteiger partial charge in [0.05, 0.1) is 6.61 Å². The summed E-state index contributed by atoms with van der Waals surface area (Å²) in [5.41, 5.74) is 3.19. The number of anilines is 1. The van der Waals surface area contributed by atoms with Crippen LogP contribution in [0.4, 0.5) is 5.69 Å². The molecule has 0 amide bonds. The summed E-state index contributed by atoms with van der Waals surface area (Å²) in [4.78, 5) is 2.20. The van der Waals surface area contributed by atoms with E-state index in [4.69, 9.17) is 4.43 Å². The summed E-state index contributed by atoms with van der Waals surface area (Å²) in [6, 6.07) is 10.3. The maximum Gasteiger partial charge on any atom is 0.210 e. The molecule has 88 valence electrons. The fourth-order valence-electron chi connectivity index (χ4n) is 1.32. The summed E-state index contributed by atoms with van der Waals surface area (Å²) < 4.78 is 5.85.